The Morgan fingerprint density at radius 1 is 1.29 bits per heavy atom. The number of nitrogens with zero attached hydrogens (tertiary/aromatic N) is 3. The van der Waals surface area contributed by atoms with E-state index in [4.69, 9.17) is 10.5 Å². The lowest BCUT2D eigenvalue weighted by molar-refractivity contribution is -0.197. The number of fused-ring (bicyclic) bond motifs is 1. The molecule has 3 heterocycles. The number of nitrogens with two attached hydrogens (primary N) is 1. The Hall–Kier alpha value is -1.82. The highest BCUT2D eigenvalue weighted by atomic mass is 16.6. The molecular formula is C14H20N4O6. The Labute approximate surface area is 136 Å². The summed E-state index contributed by atoms with van der Waals surface area (Å²) in [4.78, 5) is 7.97. The van der Waals surface area contributed by atoms with Crippen molar-refractivity contribution in [3.05, 3.63) is 18.6 Å². The fourth-order valence-corrected chi connectivity index (χ4v) is 2.96. The van der Waals surface area contributed by atoms with Crippen molar-refractivity contribution in [3.63, 3.8) is 0 Å². The first-order valence-electron chi connectivity index (χ1n) is 7.39. The van der Waals surface area contributed by atoms with Crippen LogP contribution >= 0.6 is 0 Å². The van der Waals surface area contributed by atoms with Gasteiger partial charge in [0, 0.05) is 6.20 Å². The summed E-state index contributed by atoms with van der Waals surface area (Å²) >= 11 is 0. The molecule has 2 aromatic heterocycles. The molecule has 0 aliphatic carbocycles. The van der Waals surface area contributed by atoms with Crippen LogP contribution in [-0.4, -0.2) is 76.7 Å². The van der Waals surface area contributed by atoms with E-state index < -0.39 is 42.9 Å². The molecule has 0 bridgehead atoms. The van der Waals surface area contributed by atoms with Crippen LogP contribution in [0.15, 0.2) is 18.6 Å². The summed E-state index contributed by atoms with van der Waals surface area (Å²) in [5.41, 5.74) is 4.13. The van der Waals surface area contributed by atoms with E-state index in [-0.39, 0.29) is 5.82 Å². The number of aromatic nitrogens is 3. The first-order valence-corrected chi connectivity index (χ1v) is 7.39. The number of hydrogen-bond donors (Lipinski definition) is 6. The van der Waals surface area contributed by atoms with Crippen molar-refractivity contribution in [2.45, 2.75) is 43.2 Å². The quantitative estimate of drug-likeness (QED) is 0.353. The Balaban J connectivity index is 2.14. The van der Waals surface area contributed by atoms with E-state index in [9.17, 15) is 25.5 Å². The molecule has 1 saturated heterocycles. The van der Waals surface area contributed by atoms with Gasteiger partial charge in [-0.2, -0.15) is 0 Å². The van der Waals surface area contributed by atoms with Crippen LogP contribution in [0.3, 0.4) is 0 Å². The fourth-order valence-electron chi connectivity index (χ4n) is 2.96. The van der Waals surface area contributed by atoms with E-state index >= 15 is 0 Å². The summed E-state index contributed by atoms with van der Waals surface area (Å²) < 4.78 is 7.02. The number of aliphatic hydroxyl groups excluding tert-OH is 4. The van der Waals surface area contributed by atoms with Gasteiger partial charge in [-0.1, -0.05) is 0 Å². The Bertz CT molecular complexity index is 735. The lowest BCUT2D eigenvalue weighted by atomic mass is 9.90. The van der Waals surface area contributed by atoms with Gasteiger partial charge in [0.25, 0.3) is 0 Å². The molecule has 10 nitrogen and oxygen atoms in total. The molecule has 132 valence electrons. The zero-order valence-electron chi connectivity index (χ0n) is 12.9. The Morgan fingerprint density at radius 3 is 2.67 bits per heavy atom. The van der Waals surface area contributed by atoms with Gasteiger partial charge in [0.1, 0.15) is 47.8 Å². The molecule has 7 N–H and O–H groups in total. The van der Waals surface area contributed by atoms with Crippen LogP contribution in [-0.2, 0) is 4.74 Å². The second-order valence-corrected chi connectivity index (χ2v) is 6.08. The van der Waals surface area contributed by atoms with E-state index in [2.05, 4.69) is 9.97 Å². The molecule has 10 heteroatoms. The van der Waals surface area contributed by atoms with Gasteiger partial charge in [-0.3, -0.25) is 0 Å². The minimum absolute atomic E-state index is 0.228. The zero-order valence-corrected chi connectivity index (χ0v) is 12.9. The summed E-state index contributed by atoms with van der Waals surface area (Å²) in [6.45, 7) is 0.641. The van der Waals surface area contributed by atoms with Gasteiger partial charge >= 0.3 is 0 Å². The highest BCUT2D eigenvalue weighted by Gasteiger charge is 2.52. The minimum Gasteiger partial charge on any atom is -0.394 e. The van der Waals surface area contributed by atoms with Crippen LogP contribution in [0.1, 0.15) is 13.2 Å². The zero-order chi connectivity index (χ0) is 17.6. The van der Waals surface area contributed by atoms with Crippen LogP contribution in [0.5, 0.6) is 0 Å². The van der Waals surface area contributed by atoms with Crippen molar-refractivity contribution in [1.82, 2.24) is 14.5 Å². The highest BCUT2D eigenvalue weighted by molar-refractivity contribution is 5.86. The molecular weight excluding hydrogens is 320 g/mol. The molecule has 24 heavy (non-hydrogen) atoms. The average molecular weight is 340 g/mol. The highest BCUT2D eigenvalue weighted by Crippen LogP contribution is 2.37. The topological polar surface area (TPSA) is 167 Å². The molecule has 0 unspecified atom stereocenters. The van der Waals surface area contributed by atoms with Crippen LogP contribution in [0.25, 0.3) is 11.0 Å². The van der Waals surface area contributed by atoms with E-state index in [1.54, 1.807) is 6.07 Å². The van der Waals surface area contributed by atoms with Crippen molar-refractivity contribution < 1.29 is 30.3 Å². The fraction of sp³-hybridized carbons (Fsp3) is 0.571. The monoisotopic (exact) mass is 340 g/mol. The molecule has 0 aromatic carbocycles. The van der Waals surface area contributed by atoms with Crippen molar-refractivity contribution in [3.8, 4) is 0 Å². The largest absolute Gasteiger partial charge is 0.394 e. The molecule has 0 spiro atoms. The Kier molecular flexibility index (Phi) is 4.20. The van der Waals surface area contributed by atoms with Crippen molar-refractivity contribution >= 4 is 16.9 Å². The summed E-state index contributed by atoms with van der Waals surface area (Å²) in [6, 6.07) is 1.61. The van der Waals surface area contributed by atoms with E-state index in [1.807, 2.05) is 0 Å². The predicted octanol–water partition coefficient (Wildman–Crippen LogP) is -2.26. The maximum absolute atomic E-state index is 10.8. The van der Waals surface area contributed by atoms with Gasteiger partial charge < -0.3 is 40.6 Å². The van der Waals surface area contributed by atoms with E-state index in [0.717, 1.165) is 0 Å². The van der Waals surface area contributed by atoms with Gasteiger partial charge in [0.05, 0.1) is 12.0 Å². The van der Waals surface area contributed by atoms with Crippen molar-refractivity contribution in [2.24, 2.45) is 0 Å². The third kappa shape index (κ3) is 2.44. The van der Waals surface area contributed by atoms with Crippen LogP contribution in [0.2, 0.25) is 0 Å². The lowest BCUT2D eigenvalue weighted by Gasteiger charge is -2.36. The SMILES string of the molecule is C[C@@]1(O)[C@H](O)[C@@H](O)[C@H](O)[C@@H](CO)O[C@H]1n1ccc2c(N)ncnc21. The minimum atomic E-state index is -1.99. The molecule has 6 atom stereocenters. The maximum atomic E-state index is 10.8. The molecule has 1 aliphatic rings. The van der Waals surface area contributed by atoms with E-state index in [1.165, 1.54) is 24.0 Å². The van der Waals surface area contributed by atoms with Gasteiger partial charge in [0.15, 0.2) is 6.23 Å². The smallest absolute Gasteiger partial charge is 0.167 e. The van der Waals surface area contributed by atoms with E-state index in [0.29, 0.717) is 11.0 Å². The molecule has 0 amide bonds. The van der Waals surface area contributed by atoms with Gasteiger partial charge in [-0.05, 0) is 13.0 Å². The number of ether oxygens (including phenoxy) is 1. The predicted molar refractivity (Wildman–Crippen MR) is 81.6 cm³/mol. The third-order valence-electron chi connectivity index (χ3n) is 4.43. The number of anilines is 1. The summed E-state index contributed by atoms with van der Waals surface area (Å²) in [6.07, 6.45) is -4.71. The van der Waals surface area contributed by atoms with Crippen LogP contribution < -0.4 is 5.73 Å². The lowest BCUT2D eigenvalue weighted by Crippen LogP contribution is -2.53. The summed E-state index contributed by atoms with van der Waals surface area (Å²) in [5.74, 6) is 0.228. The molecule has 2 aromatic rings. The standard InChI is InChI=1S/C14H20N4O6/c1-14(23)10(22)9(21)8(20)7(4-19)24-13(14)18-3-2-6-11(15)16-5-17-12(6)18/h2-3,5,7-10,13,19-23H,4H2,1H3,(H2,15,16,17)/t7-,8-,9+,10-,13-,14-/m1/s1. The first-order chi connectivity index (χ1) is 11.3. The van der Waals surface area contributed by atoms with Gasteiger partial charge in [-0.25, -0.2) is 9.97 Å². The normalized spacial score (nSPS) is 37.5. The third-order valence-corrected chi connectivity index (χ3v) is 4.43. The Morgan fingerprint density at radius 2 is 2.00 bits per heavy atom. The van der Waals surface area contributed by atoms with Gasteiger partial charge in [0.2, 0.25) is 0 Å². The molecule has 1 fully saturated rings. The summed E-state index contributed by atoms with van der Waals surface area (Å²) in [5, 5.41) is 51.0. The number of hydrogen-bond acceptors (Lipinski definition) is 9. The van der Waals surface area contributed by atoms with Crippen molar-refractivity contribution in [2.75, 3.05) is 12.3 Å². The van der Waals surface area contributed by atoms with Crippen LogP contribution in [0, 0.1) is 0 Å². The molecule has 0 saturated carbocycles. The molecule has 3 rings (SSSR count). The van der Waals surface area contributed by atoms with Crippen molar-refractivity contribution in [1.29, 1.82) is 0 Å². The van der Waals surface area contributed by atoms with Crippen LogP contribution in [0.4, 0.5) is 5.82 Å². The number of rotatable bonds is 2. The second kappa shape index (κ2) is 5.92. The number of aliphatic hydroxyl groups is 5. The second-order valence-electron chi connectivity index (χ2n) is 6.08. The maximum Gasteiger partial charge on any atom is 0.167 e. The molecule has 1 aliphatic heterocycles. The number of nitrogen functional groups attached to an aromatic ring is 1. The average Bonchev–Trinajstić information content (AvgIpc) is 2.96. The first kappa shape index (κ1) is 17.0. The molecule has 0 radical (unpaired) electrons. The summed E-state index contributed by atoms with van der Waals surface area (Å²) in [7, 11) is 0. The van der Waals surface area contributed by atoms with Gasteiger partial charge in [-0.15, -0.1) is 0 Å².